The fourth-order valence-electron chi connectivity index (χ4n) is 2.10. The second-order valence-corrected chi connectivity index (χ2v) is 4.95. The number of nitrogens with two attached hydrogens (primary N) is 1. The zero-order valence-electron chi connectivity index (χ0n) is 12.5. The number of aromatic nitrogens is 2. The minimum Gasteiger partial charge on any atom is -0.494 e. The van der Waals surface area contributed by atoms with Gasteiger partial charge in [-0.25, -0.2) is 0 Å². The summed E-state index contributed by atoms with van der Waals surface area (Å²) in [5.74, 6) is 1.81. The lowest BCUT2D eigenvalue weighted by Crippen LogP contribution is -1.91. The van der Waals surface area contributed by atoms with E-state index >= 15 is 0 Å². The molecule has 0 aliphatic rings. The SMILES string of the molecule is CCOc1ccc(-c2nc(-c3ccc(C)c(N)c3)no2)cc1. The largest absolute Gasteiger partial charge is 0.494 e. The third-order valence-electron chi connectivity index (χ3n) is 3.38. The van der Waals surface area contributed by atoms with E-state index < -0.39 is 0 Å². The topological polar surface area (TPSA) is 74.2 Å². The molecular formula is C17H17N3O2. The van der Waals surface area contributed by atoms with Crippen LogP contribution >= 0.6 is 0 Å². The molecule has 3 aromatic rings. The van der Waals surface area contributed by atoms with E-state index in [2.05, 4.69) is 10.1 Å². The highest BCUT2D eigenvalue weighted by atomic mass is 16.5. The van der Waals surface area contributed by atoms with Crippen LogP contribution in [0.1, 0.15) is 12.5 Å². The van der Waals surface area contributed by atoms with Crippen molar-refractivity contribution in [1.29, 1.82) is 0 Å². The predicted octanol–water partition coefficient (Wildman–Crippen LogP) is 3.69. The van der Waals surface area contributed by atoms with Gasteiger partial charge in [0.25, 0.3) is 5.89 Å². The molecule has 1 heterocycles. The molecule has 0 saturated carbocycles. The van der Waals surface area contributed by atoms with E-state index in [1.54, 1.807) is 0 Å². The van der Waals surface area contributed by atoms with Gasteiger partial charge in [0.2, 0.25) is 5.82 Å². The Kier molecular flexibility index (Phi) is 3.78. The molecule has 0 atom stereocenters. The van der Waals surface area contributed by atoms with Crippen LogP contribution in [0.15, 0.2) is 47.0 Å². The van der Waals surface area contributed by atoms with Crippen molar-refractivity contribution in [2.24, 2.45) is 0 Å². The van der Waals surface area contributed by atoms with Crippen LogP contribution in [0.4, 0.5) is 5.69 Å². The molecule has 0 aliphatic carbocycles. The number of hydrogen-bond acceptors (Lipinski definition) is 5. The van der Waals surface area contributed by atoms with Gasteiger partial charge >= 0.3 is 0 Å². The van der Waals surface area contributed by atoms with Crippen LogP contribution in [0, 0.1) is 6.92 Å². The molecule has 5 nitrogen and oxygen atoms in total. The Labute approximate surface area is 128 Å². The quantitative estimate of drug-likeness (QED) is 0.743. The number of aryl methyl sites for hydroxylation is 1. The Balaban J connectivity index is 1.88. The summed E-state index contributed by atoms with van der Waals surface area (Å²) in [6.45, 7) is 4.55. The summed E-state index contributed by atoms with van der Waals surface area (Å²) in [4.78, 5) is 4.42. The van der Waals surface area contributed by atoms with Crippen molar-refractivity contribution in [3.05, 3.63) is 48.0 Å². The minimum absolute atomic E-state index is 0.470. The molecule has 0 bridgehead atoms. The van der Waals surface area contributed by atoms with Gasteiger partial charge in [0, 0.05) is 16.8 Å². The Morgan fingerprint density at radius 1 is 1.09 bits per heavy atom. The van der Waals surface area contributed by atoms with Crippen molar-refractivity contribution in [3.8, 4) is 28.6 Å². The summed E-state index contributed by atoms with van der Waals surface area (Å²) in [5, 5.41) is 4.02. The lowest BCUT2D eigenvalue weighted by Gasteiger charge is -2.02. The molecule has 0 saturated heterocycles. The van der Waals surface area contributed by atoms with Crippen LogP contribution in [0.2, 0.25) is 0 Å². The van der Waals surface area contributed by atoms with Crippen LogP contribution in [0.5, 0.6) is 5.75 Å². The fourth-order valence-corrected chi connectivity index (χ4v) is 2.10. The number of ether oxygens (including phenoxy) is 1. The van der Waals surface area contributed by atoms with E-state index in [-0.39, 0.29) is 0 Å². The standard InChI is InChI=1S/C17H17N3O2/c1-3-21-14-8-6-12(7-9-14)17-19-16(20-22-17)13-5-4-11(2)15(18)10-13/h4-10H,3,18H2,1-2H3. The second kappa shape index (κ2) is 5.89. The van der Waals surface area contributed by atoms with Crippen LogP contribution in [0.25, 0.3) is 22.8 Å². The first-order valence-electron chi connectivity index (χ1n) is 7.11. The first kappa shape index (κ1) is 14.1. The number of benzene rings is 2. The van der Waals surface area contributed by atoms with Crippen molar-refractivity contribution in [3.63, 3.8) is 0 Å². The van der Waals surface area contributed by atoms with Gasteiger partial charge in [-0.15, -0.1) is 0 Å². The van der Waals surface area contributed by atoms with Gasteiger partial charge in [0.05, 0.1) is 6.61 Å². The normalized spacial score (nSPS) is 10.6. The van der Waals surface area contributed by atoms with E-state index in [4.69, 9.17) is 15.0 Å². The van der Waals surface area contributed by atoms with Gasteiger partial charge in [0.1, 0.15) is 5.75 Å². The highest BCUT2D eigenvalue weighted by molar-refractivity contribution is 5.65. The summed E-state index contributed by atoms with van der Waals surface area (Å²) in [5.41, 5.74) is 9.35. The van der Waals surface area contributed by atoms with Crippen LogP contribution in [-0.4, -0.2) is 16.7 Å². The van der Waals surface area contributed by atoms with Gasteiger partial charge in [0.15, 0.2) is 0 Å². The van der Waals surface area contributed by atoms with E-state index in [0.717, 1.165) is 22.4 Å². The van der Waals surface area contributed by atoms with Crippen molar-refractivity contribution < 1.29 is 9.26 Å². The molecule has 1 aromatic heterocycles. The number of anilines is 1. The summed E-state index contributed by atoms with van der Waals surface area (Å²) in [7, 11) is 0. The molecule has 0 radical (unpaired) electrons. The second-order valence-electron chi connectivity index (χ2n) is 4.95. The monoisotopic (exact) mass is 295 g/mol. The van der Waals surface area contributed by atoms with Crippen molar-refractivity contribution >= 4 is 5.69 Å². The average Bonchev–Trinajstić information content (AvgIpc) is 3.01. The van der Waals surface area contributed by atoms with Crippen LogP contribution < -0.4 is 10.5 Å². The molecule has 0 unspecified atom stereocenters. The first-order chi connectivity index (χ1) is 10.7. The number of rotatable bonds is 4. The van der Waals surface area contributed by atoms with E-state index in [9.17, 15) is 0 Å². The lowest BCUT2D eigenvalue weighted by atomic mass is 10.1. The van der Waals surface area contributed by atoms with Gasteiger partial charge < -0.3 is 15.0 Å². The predicted molar refractivity (Wildman–Crippen MR) is 85.5 cm³/mol. The molecule has 5 heteroatoms. The zero-order valence-corrected chi connectivity index (χ0v) is 12.5. The van der Waals surface area contributed by atoms with Crippen molar-refractivity contribution in [1.82, 2.24) is 10.1 Å². The van der Waals surface area contributed by atoms with Crippen LogP contribution in [0.3, 0.4) is 0 Å². The average molecular weight is 295 g/mol. The van der Waals surface area contributed by atoms with E-state index in [0.29, 0.717) is 24.0 Å². The zero-order chi connectivity index (χ0) is 15.5. The molecule has 112 valence electrons. The summed E-state index contributed by atoms with van der Waals surface area (Å²) < 4.78 is 10.7. The molecular weight excluding hydrogens is 278 g/mol. The summed E-state index contributed by atoms with van der Waals surface area (Å²) in [6.07, 6.45) is 0. The molecule has 2 aromatic carbocycles. The smallest absolute Gasteiger partial charge is 0.258 e. The molecule has 0 amide bonds. The van der Waals surface area contributed by atoms with Crippen molar-refractivity contribution in [2.75, 3.05) is 12.3 Å². The molecule has 22 heavy (non-hydrogen) atoms. The molecule has 2 N–H and O–H groups in total. The van der Waals surface area contributed by atoms with Crippen LogP contribution in [-0.2, 0) is 0 Å². The molecule has 0 aliphatic heterocycles. The third-order valence-corrected chi connectivity index (χ3v) is 3.38. The number of hydrogen-bond donors (Lipinski definition) is 1. The highest BCUT2D eigenvalue weighted by Gasteiger charge is 2.11. The third kappa shape index (κ3) is 2.79. The van der Waals surface area contributed by atoms with Gasteiger partial charge in [-0.3, -0.25) is 0 Å². The van der Waals surface area contributed by atoms with Gasteiger partial charge in [-0.2, -0.15) is 4.98 Å². The molecule has 0 spiro atoms. The minimum atomic E-state index is 0.470. The summed E-state index contributed by atoms with van der Waals surface area (Å²) >= 11 is 0. The highest BCUT2D eigenvalue weighted by Crippen LogP contribution is 2.25. The van der Waals surface area contributed by atoms with Crippen molar-refractivity contribution in [2.45, 2.75) is 13.8 Å². The Morgan fingerprint density at radius 2 is 1.82 bits per heavy atom. The first-order valence-corrected chi connectivity index (χ1v) is 7.11. The van der Waals surface area contributed by atoms with Gasteiger partial charge in [-0.05, 0) is 49.7 Å². The number of nitrogens with zero attached hydrogens (tertiary/aromatic N) is 2. The maximum atomic E-state index is 5.92. The molecule has 0 fully saturated rings. The van der Waals surface area contributed by atoms with Gasteiger partial charge in [-0.1, -0.05) is 17.3 Å². The Hall–Kier alpha value is -2.82. The molecule has 3 rings (SSSR count). The summed E-state index contributed by atoms with van der Waals surface area (Å²) in [6, 6.07) is 13.3. The fraction of sp³-hybridized carbons (Fsp3) is 0.176. The lowest BCUT2D eigenvalue weighted by molar-refractivity contribution is 0.340. The maximum Gasteiger partial charge on any atom is 0.258 e. The Morgan fingerprint density at radius 3 is 2.50 bits per heavy atom. The van der Waals surface area contributed by atoms with E-state index in [1.165, 1.54) is 0 Å². The maximum absolute atomic E-state index is 5.92. The Bertz CT molecular complexity index is 779. The van der Waals surface area contributed by atoms with E-state index in [1.807, 2.05) is 56.3 Å². The number of nitrogen functional groups attached to an aromatic ring is 1.